The molecule has 0 heterocycles. The van der Waals surface area contributed by atoms with Crippen LogP contribution >= 0.6 is 0 Å². The van der Waals surface area contributed by atoms with Crippen LogP contribution in [-0.4, -0.2) is 16.7 Å². The highest BCUT2D eigenvalue weighted by molar-refractivity contribution is 6.06. The number of nitro benzene ring substituents is 1. The first-order valence-corrected chi connectivity index (χ1v) is 9.12. The van der Waals surface area contributed by atoms with Crippen molar-refractivity contribution in [2.45, 2.75) is 6.92 Å². The second kappa shape index (κ2) is 9.29. The van der Waals surface area contributed by atoms with Gasteiger partial charge in [0.2, 0.25) is 5.91 Å². The maximum Gasteiger partial charge on any atom is 0.270 e. The highest BCUT2D eigenvalue weighted by atomic mass is 16.6. The number of aryl methyl sites for hydroxylation is 1. The predicted molar refractivity (Wildman–Crippen MR) is 116 cm³/mol. The van der Waals surface area contributed by atoms with Gasteiger partial charge in [-0.2, -0.15) is 0 Å². The van der Waals surface area contributed by atoms with E-state index in [9.17, 15) is 19.7 Å². The number of rotatable bonds is 6. The number of hydrogen-bond donors (Lipinski definition) is 2. The number of anilines is 2. The second-order valence-electron chi connectivity index (χ2n) is 6.58. The number of benzene rings is 3. The minimum Gasteiger partial charge on any atom is -0.322 e. The lowest BCUT2D eigenvalue weighted by atomic mass is 10.1. The van der Waals surface area contributed by atoms with Crippen LogP contribution in [0.4, 0.5) is 17.1 Å². The van der Waals surface area contributed by atoms with Crippen LogP contribution in [0.15, 0.2) is 78.9 Å². The highest BCUT2D eigenvalue weighted by Crippen LogP contribution is 2.16. The van der Waals surface area contributed by atoms with Gasteiger partial charge in [-0.05, 0) is 54.5 Å². The van der Waals surface area contributed by atoms with Gasteiger partial charge in [0.25, 0.3) is 11.6 Å². The van der Waals surface area contributed by atoms with Gasteiger partial charge in [-0.1, -0.05) is 30.3 Å². The van der Waals surface area contributed by atoms with Gasteiger partial charge < -0.3 is 10.6 Å². The second-order valence-corrected chi connectivity index (χ2v) is 6.58. The van der Waals surface area contributed by atoms with Crippen LogP contribution in [0, 0.1) is 17.0 Å². The predicted octanol–water partition coefficient (Wildman–Crippen LogP) is 4.81. The molecule has 0 saturated heterocycles. The monoisotopic (exact) mass is 401 g/mol. The number of nitrogens with zero attached hydrogens (tertiary/aromatic N) is 1. The third-order valence-electron chi connectivity index (χ3n) is 4.18. The molecule has 7 heteroatoms. The molecule has 3 rings (SSSR count). The van der Waals surface area contributed by atoms with Crippen LogP contribution in [0.5, 0.6) is 0 Å². The van der Waals surface area contributed by atoms with E-state index >= 15 is 0 Å². The minimum absolute atomic E-state index is 0.0510. The molecule has 0 spiro atoms. The summed E-state index contributed by atoms with van der Waals surface area (Å²) in [5.74, 6) is -0.707. The molecular formula is C23H19N3O4. The number of non-ortho nitro benzene ring substituents is 1. The molecule has 150 valence electrons. The van der Waals surface area contributed by atoms with Gasteiger partial charge in [0.1, 0.15) is 0 Å². The molecule has 0 aliphatic rings. The van der Waals surface area contributed by atoms with E-state index in [2.05, 4.69) is 10.6 Å². The van der Waals surface area contributed by atoms with E-state index in [-0.39, 0.29) is 11.6 Å². The van der Waals surface area contributed by atoms with Crippen molar-refractivity contribution in [2.24, 2.45) is 0 Å². The molecule has 0 aromatic heterocycles. The number of carbonyl (C=O) groups is 2. The van der Waals surface area contributed by atoms with Crippen LogP contribution in [0.1, 0.15) is 21.5 Å². The Morgan fingerprint density at radius 3 is 2.33 bits per heavy atom. The van der Waals surface area contributed by atoms with Crippen LogP contribution < -0.4 is 10.6 Å². The largest absolute Gasteiger partial charge is 0.322 e. The van der Waals surface area contributed by atoms with Crippen molar-refractivity contribution in [2.75, 3.05) is 10.6 Å². The Balaban J connectivity index is 1.65. The lowest BCUT2D eigenvalue weighted by Gasteiger charge is -2.08. The molecule has 0 bridgehead atoms. The number of amides is 2. The maximum atomic E-state index is 12.5. The summed E-state index contributed by atoms with van der Waals surface area (Å²) in [7, 11) is 0. The van der Waals surface area contributed by atoms with Crippen molar-refractivity contribution >= 4 is 35.0 Å². The molecule has 3 aromatic carbocycles. The fourth-order valence-electron chi connectivity index (χ4n) is 2.76. The Kier molecular flexibility index (Phi) is 6.34. The van der Waals surface area contributed by atoms with Gasteiger partial charge >= 0.3 is 0 Å². The molecular weight excluding hydrogens is 382 g/mol. The van der Waals surface area contributed by atoms with Crippen molar-refractivity contribution in [1.29, 1.82) is 0 Å². The van der Waals surface area contributed by atoms with Crippen molar-refractivity contribution in [3.63, 3.8) is 0 Å². The Labute approximate surface area is 173 Å². The third-order valence-corrected chi connectivity index (χ3v) is 4.18. The molecule has 3 aromatic rings. The number of carbonyl (C=O) groups excluding carboxylic acids is 2. The summed E-state index contributed by atoms with van der Waals surface area (Å²) in [5.41, 5.74) is 3.06. The van der Waals surface area contributed by atoms with Gasteiger partial charge in [0.05, 0.1) is 4.92 Å². The summed E-state index contributed by atoms with van der Waals surface area (Å²) in [4.78, 5) is 35.0. The average molecular weight is 401 g/mol. The van der Waals surface area contributed by atoms with Crippen molar-refractivity contribution in [1.82, 2.24) is 0 Å². The topological polar surface area (TPSA) is 101 Å². The summed E-state index contributed by atoms with van der Waals surface area (Å²) in [5, 5.41) is 16.3. The van der Waals surface area contributed by atoms with Gasteiger partial charge in [-0.3, -0.25) is 19.7 Å². The van der Waals surface area contributed by atoms with E-state index in [1.807, 2.05) is 25.1 Å². The van der Waals surface area contributed by atoms with Crippen molar-refractivity contribution < 1.29 is 14.5 Å². The first-order chi connectivity index (χ1) is 14.4. The first kappa shape index (κ1) is 20.5. The summed E-state index contributed by atoms with van der Waals surface area (Å²) in [6.45, 7) is 1.94. The molecule has 0 saturated carbocycles. The standard InChI is InChI=1S/C23H19N3O4/c1-16-5-2-8-19(13-16)25-23(28)18-7-4-9-20(15-18)24-22(27)12-11-17-6-3-10-21(14-17)26(29)30/h2-15H,1H3,(H,24,27)(H,25,28)/b12-11+. The summed E-state index contributed by atoms with van der Waals surface area (Å²) < 4.78 is 0. The summed E-state index contributed by atoms with van der Waals surface area (Å²) in [6.07, 6.45) is 2.76. The Morgan fingerprint density at radius 2 is 1.60 bits per heavy atom. The summed E-state index contributed by atoms with van der Waals surface area (Å²) in [6, 6.07) is 20.0. The van der Waals surface area contributed by atoms with Crippen molar-refractivity contribution in [3.8, 4) is 0 Å². The average Bonchev–Trinajstić information content (AvgIpc) is 2.72. The van der Waals surface area contributed by atoms with E-state index in [1.54, 1.807) is 42.5 Å². The smallest absolute Gasteiger partial charge is 0.270 e. The lowest BCUT2D eigenvalue weighted by molar-refractivity contribution is -0.384. The molecule has 2 amide bonds. The zero-order chi connectivity index (χ0) is 21.5. The van der Waals surface area contributed by atoms with Crippen LogP contribution in [-0.2, 0) is 4.79 Å². The quantitative estimate of drug-likeness (QED) is 0.352. The Morgan fingerprint density at radius 1 is 0.900 bits per heavy atom. The maximum absolute atomic E-state index is 12.5. The Bertz CT molecular complexity index is 1140. The molecule has 2 N–H and O–H groups in total. The normalized spacial score (nSPS) is 10.6. The first-order valence-electron chi connectivity index (χ1n) is 9.12. The molecule has 7 nitrogen and oxygen atoms in total. The molecule has 0 fully saturated rings. The third kappa shape index (κ3) is 5.62. The molecule has 0 unspecified atom stereocenters. The molecule has 0 atom stereocenters. The fourth-order valence-corrected chi connectivity index (χ4v) is 2.76. The van der Waals surface area contributed by atoms with Gasteiger partial charge in [0, 0.05) is 35.1 Å². The molecule has 0 radical (unpaired) electrons. The highest BCUT2D eigenvalue weighted by Gasteiger charge is 2.08. The SMILES string of the molecule is Cc1cccc(NC(=O)c2cccc(NC(=O)/C=C/c3cccc([N+](=O)[O-])c3)c2)c1. The van der Waals surface area contributed by atoms with E-state index < -0.39 is 10.8 Å². The van der Waals surface area contributed by atoms with E-state index in [4.69, 9.17) is 0 Å². The molecule has 0 aliphatic carbocycles. The number of hydrogen-bond acceptors (Lipinski definition) is 4. The van der Waals surface area contributed by atoms with Crippen LogP contribution in [0.25, 0.3) is 6.08 Å². The van der Waals surface area contributed by atoms with Crippen LogP contribution in [0.3, 0.4) is 0 Å². The lowest BCUT2D eigenvalue weighted by Crippen LogP contribution is -2.13. The zero-order valence-electron chi connectivity index (χ0n) is 16.2. The molecule has 30 heavy (non-hydrogen) atoms. The van der Waals surface area contributed by atoms with E-state index in [0.29, 0.717) is 22.5 Å². The zero-order valence-corrected chi connectivity index (χ0v) is 16.2. The van der Waals surface area contributed by atoms with Gasteiger partial charge in [0.15, 0.2) is 0 Å². The number of nitrogens with one attached hydrogen (secondary N) is 2. The number of nitro groups is 1. The van der Waals surface area contributed by atoms with Gasteiger partial charge in [-0.25, -0.2) is 0 Å². The summed E-state index contributed by atoms with van der Waals surface area (Å²) >= 11 is 0. The van der Waals surface area contributed by atoms with E-state index in [1.165, 1.54) is 24.3 Å². The fraction of sp³-hybridized carbons (Fsp3) is 0.0435. The molecule has 0 aliphatic heterocycles. The van der Waals surface area contributed by atoms with Gasteiger partial charge in [-0.15, -0.1) is 0 Å². The van der Waals surface area contributed by atoms with E-state index in [0.717, 1.165) is 5.56 Å². The van der Waals surface area contributed by atoms with Crippen LogP contribution in [0.2, 0.25) is 0 Å². The minimum atomic E-state index is -0.495. The Hall–Kier alpha value is -4.26. The van der Waals surface area contributed by atoms with Crippen molar-refractivity contribution in [3.05, 3.63) is 106 Å².